The van der Waals surface area contributed by atoms with Gasteiger partial charge < -0.3 is 9.47 Å². The third-order valence-electron chi connectivity index (χ3n) is 2.97. The first-order valence-electron chi connectivity index (χ1n) is 6.18. The van der Waals surface area contributed by atoms with E-state index in [0.717, 1.165) is 0 Å². The first kappa shape index (κ1) is 14.1. The average Bonchev–Trinajstić information content (AvgIpc) is 2.61. The van der Waals surface area contributed by atoms with E-state index in [-0.39, 0.29) is 18.1 Å². The van der Waals surface area contributed by atoms with Crippen molar-refractivity contribution >= 4 is 17.6 Å². The molecule has 0 spiro atoms. The third kappa shape index (κ3) is 2.84. The van der Waals surface area contributed by atoms with Crippen LogP contribution in [0.3, 0.4) is 0 Å². The fourth-order valence-electron chi connectivity index (χ4n) is 2.20. The minimum absolute atomic E-state index is 0.0203. The lowest BCUT2D eigenvalue weighted by atomic mass is 9.99. The molecule has 0 aliphatic carbocycles. The second-order valence-corrected chi connectivity index (χ2v) is 5.54. The molecule has 0 saturated heterocycles. The molecular formula is C14H16ClFO3. The summed E-state index contributed by atoms with van der Waals surface area (Å²) in [5.41, 5.74) is 0.423. The predicted octanol–water partition coefficient (Wildman–Crippen LogP) is 3.30. The molecule has 2 rings (SSSR count). The highest BCUT2D eigenvalue weighted by atomic mass is 35.5. The zero-order valence-electron chi connectivity index (χ0n) is 11.2. The first-order chi connectivity index (χ1) is 8.84. The summed E-state index contributed by atoms with van der Waals surface area (Å²) in [4.78, 5) is 11.5. The fourth-order valence-corrected chi connectivity index (χ4v) is 2.44. The molecule has 1 aliphatic heterocycles. The van der Waals surface area contributed by atoms with Gasteiger partial charge >= 0.3 is 5.97 Å². The molecule has 104 valence electrons. The fraction of sp³-hybridized carbons (Fsp3) is 0.500. The van der Waals surface area contributed by atoms with E-state index in [2.05, 4.69) is 0 Å². The van der Waals surface area contributed by atoms with Crippen LogP contribution in [-0.2, 0) is 22.4 Å². The number of esters is 1. The van der Waals surface area contributed by atoms with Crippen LogP contribution in [0.5, 0.6) is 5.75 Å². The first-order valence-corrected chi connectivity index (χ1v) is 6.56. The largest absolute Gasteiger partial charge is 0.487 e. The summed E-state index contributed by atoms with van der Waals surface area (Å²) in [6, 6.07) is 1.63. The summed E-state index contributed by atoms with van der Waals surface area (Å²) in [6.45, 7) is 5.76. The number of carbonyl (C=O) groups excluding carboxylic acids is 1. The Labute approximate surface area is 116 Å². The molecule has 1 aromatic carbocycles. The molecule has 0 atom stereocenters. The number of fused-ring (bicyclic) bond motifs is 1. The van der Waals surface area contributed by atoms with Gasteiger partial charge in [-0.2, -0.15) is 0 Å². The zero-order chi connectivity index (χ0) is 14.2. The SMILES string of the molecule is CCOC(=O)Cc1cc2c(c(F)c1Cl)CC(C)(C)O2. The zero-order valence-corrected chi connectivity index (χ0v) is 11.9. The normalized spacial score (nSPS) is 15.8. The van der Waals surface area contributed by atoms with Crippen LogP contribution in [0.2, 0.25) is 5.02 Å². The van der Waals surface area contributed by atoms with E-state index in [4.69, 9.17) is 21.1 Å². The maximum absolute atomic E-state index is 14.2. The van der Waals surface area contributed by atoms with Gasteiger partial charge in [0.2, 0.25) is 0 Å². The Balaban J connectivity index is 2.34. The van der Waals surface area contributed by atoms with Gasteiger partial charge in [-0.25, -0.2) is 4.39 Å². The van der Waals surface area contributed by atoms with Gasteiger partial charge in [-0.05, 0) is 32.4 Å². The Morgan fingerprint density at radius 2 is 2.26 bits per heavy atom. The summed E-state index contributed by atoms with van der Waals surface area (Å²) in [7, 11) is 0. The molecule has 3 nitrogen and oxygen atoms in total. The minimum Gasteiger partial charge on any atom is -0.487 e. The van der Waals surface area contributed by atoms with Gasteiger partial charge in [0.1, 0.15) is 17.2 Å². The standard InChI is InChI=1S/C14H16ClFO3/c1-4-18-11(17)6-8-5-10-9(13(16)12(8)15)7-14(2,3)19-10/h5H,4,6-7H2,1-3H3. The maximum atomic E-state index is 14.2. The Hall–Kier alpha value is -1.29. The summed E-state index contributed by atoms with van der Waals surface area (Å²) in [5.74, 6) is -0.462. The molecular weight excluding hydrogens is 271 g/mol. The van der Waals surface area contributed by atoms with Crippen molar-refractivity contribution in [3.05, 3.63) is 28.0 Å². The van der Waals surface area contributed by atoms with Crippen molar-refractivity contribution in [2.24, 2.45) is 0 Å². The lowest BCUT2D eigenvalue weighted by Gasteiger charge is -2.16. The number of hydrogen-bond acceptors (Lipinski definition) is 3. The summed E-state index contributed by atoms with van der Waals surface area (Å²) in [6.07, 6.45) is 0.411. The molecule has 0 saturated carbocycles. The molecule has 1 heterocycles. The molecule has 5 heteroatoms. The van der Waals surface area contributed by atoms with Crippen molar-refractivity contribution in [3.63, 3.8) is 0 Å². The predicted molar refractivity (Wildman–Crippen MR) is 70.2 cm³/mol. The lowest BCUT2D eigenvalue weighted by Crippen LogP contribution is -2.24. The smallest absolute Gasteiger partial charge is 0.310 e. The molecule has 1 aliphatic rings. The van der Waals surface area contributed by atoms with Crippen molar-refractivity contribution in [3.8, 4) is 5.75 Å². The highest BCUT2D eigenvalue weighted by Gasteiger charge is 2.34. The quantitative estimate of drug-likeness (QED) is 0.800. The second-order valence-electron chi connectivity index (χ2n) is 5.16. The van der Waals surface area contributed by atoms with Crippen LogP contribution in [0.25, 0.3) is 0 Å². The van der Waals surface area contributed by atoms with Gasteiger partial charge in [0, 0.05) is 12.0 Å². The van der Waals surface area contributed by atoms with E-state index in [1.807, 2.05) is 13.8 Å². The van der Waals surface area contributed by atoms with Crippen molar-refractivity contribution in [2.45, 2.75) is 39.2 Å². The average molecular weight is 287 g/mol. The molecule has 0 radical (unpaired) electrons. The van der Waals surface area contributed by atoms with E-state index < -0.39 is 17.4 Å². The number of ether oxygens (including phenoxy) is 2. The summed E-state index contributed by atoms with van der Waals surface area (Å²) < 4.78 is 24.7. The van der Waals surface area contributed by atoms with Crippen molar-refractivity contribution < 1.29 is 18.7 Å². The van der Waals surface area contributed by atoms with E-state index >= 15 is 0 Å². The number of rotatable bonds is 3. The molecule has 1 aromatic rings. The third-order valence-corrected chi connectivity index (χ3v) is 3.38. The van der Waals surface area contributed by atoms with Crippen LogP contribution in [0.15, 0.2) is 6.07 Å². The van der Waals surface area contributed by atoms with Gasteiger partial charge in [-0.3, -0.25) is 4.79 Å². The minimum atomic E-state index is -0.496. The molecule has 19 heavy (non-hydrogen) atoms. The molecule has 0 aromatic heterocycles. The maximum Gasteiger partial charge on any atom is 0.310 e. The molecule has 0 N–H and O–H groups in total. The lowest BCUT2D eigenvalue weighted by molar-refractivity contribution is -0.142. The number of benzene rings is 1. The van der Waals surface area contributed by atoms with Crippen molar-refractivity contribution in [1.82, 2.24) is 0 Å². The van der Waals surface area contributed by atoms with Gasteiger partial charge in [-0.15, -0.1) is 0 Å². The van der Waals surface area contributed by atoms with Crippen LogP contribution in [-0.4, -0.2) is 18.2 Å². The van der Waals surface area contributed by atoms with E-state index in [0.29, 0.717) is 23.3 Å². The van der Waals surface area contributed by atoms with Crippen molar-refractivity contribution in [1.29, 1.82) is 0 Å². The summed E-state index contributed by atoms with van der Waals surface area (Å²) in [5, 5.41) is -0.0203. The van der Waals surface area contributed by atoms with Crippen LogP contribution in [0.4, 0.5) is 4.39 Å². The van der Waals surface area contributed by atoms with Gasteiger partial charge in [-0.1, -0.05) is 11.6 Å². The van der Waals surface area contributed by atoms with Gasteiger partial charge in [0.25, 0.3) is 0 Å². The Kier molecular flexibility index (Phi) is 3.72. The summed E-state index contributed by atoms with van der Waals surface area (Å²) >= 11 is 5.98. The molecule has 0 amide bonds. The number of halogens is 2. The van der Waals surface area contributed by atoms with Crippen LogP contribution >= 0.6 is 11.6 Å². The number of hydrogen-bond donors (Lipinski definition) is 0. The van der Waals surface area contributed by atoms with Crippen LogP contribution < -0.4 is 4.74 Å². The van der Waals surface area contributed by atoms with Gasteiger partial charge in [0.15, 0.2) is 0 Å². The Morgan fingerprint density at radius 3 is 2.89 bits per heavy atom. The monoisotopic (exact) mass is 286 g/mol. The Morgan fingerprint density at radius 1 is 1.58 bits per heavy atom. The second kappa shape index (κ2) is 5.00. The van der Waals surface area contributed by atoms with Crippen LogP contribution in [0.1, 0.15) is 31.9 Å². The topological polar surface area (TPSA) is 35.5 Å². The number of carbonyl (C=O) groups is 1. The highest BCUT2D eigenvalue weighted by Crippen LogP contribution is 2.40. The molecule has 0 bridgehead atoms. The molecule has 0 fully saturated rings. The van der Waals surface area contributed by atoms with Gasteiger partial charge in [0.05, 0.1) is 18.1 Å². The highest BCUT2D eigenvalue weighted by molar-refractivity contribution is 6.31. The van der Waals surface area contributed by atoms with E-state index in [9.17, 15) is 9.18 Å². The van der Waals surface area contributed by atoms with E-state index in [1.54, 1.807) is 13.0 Å². The van der Waals surface area contributed by atoms with Crippen LogP contribution in [0, 0.1) is 5.82 Å². The molecule has 0 unspecified atom stereocenters. The van der Waals surface area contributed by atoms with E-state index in [1.165, 1.54) is 0 Å². The Bertz CT molecular complexity index is 526. The van der Waals surface area contributed by atoms with Crippen molar-refractivity contribution in [2.75, 3.05) is 6.61 Å².